The average Bonchev–Trinajstić information content (AvgIpc) is 3.13. The van der Waals surface area contributed by atoms with Gasteiger partial charge in [0.05, 0.1) is 23.4 Å². The Morgan fingerprint density at radius 3 is 2.56 bits per heavy atom. The highest BCUT2D eigenvalue weighted by atomic mass is 79.9. The maximum atomic E-state index is 13.9. The van der Waals surface area contributed by atoms with E-state index in [0.29, 0.717) is 40.9 Å². The second-order valence-electron chi connectivity index (χ2n) is 8.72. The highest BCUT2D eigenvalue weighted by Crippen LogP contribution is 2.62. The van der Waals surface area contributed by atoms with Gasteiger partial charge in [-0.05, 0) is 34.9 Å². The van der Waals surface area contributed by atoms with Gasteiger partial charge in [-0.2, -0.15) is 15.8 Å². The summed E-state index contributed by atoms with van der Waals surface area (Å²) in [6, 6.07) is 21.5. The summed E-state index contributed by atoms with van der Waals surface area (Å²) in [4.78, 5) is 16.0. The van der Waals surface area contributed by atoms with Crippen molar-refractivity contribution in [1.29, 1.82) is 15.8 Å². The molecule has 1 spiro atoms. The summed E-state index contributed by atoms with van der Waals surface area (Å²) in [6.45, 7) is 1.55. The normalized spacial score (nSPS) is 24.8. The molecule has 8 heteroatoms. The number of halogens is 1. The van der Waals surface area contributed by atoms with E-state index < -0.39 is 22.7 Å². The van der Waals surface area contributed by atoms with Crippen molar-refractivity contribution in [3.8, 4) is 18.2 Å². The lowest BCUT2D eigenvalue weighted by Crippen LogP contribution is -2.62. The highest BCUT2D eigenvalue weighted by Gasteiger charge is 2.71. The van der Waals surface area contributed by atoms with Gasteiger partial charge < -0.3 is 11.1 Å². The fourth-order valence-electron chi connectivity index (χ4n) is 5.69. The number of benzene rings is 2. The molecule has 166 valence electrons. The molecule has 2 aliphatic heterocycles. The van der Waals surface area contributed by atoms with Crippen molar-refractivity contribution >= 4 is 27.5 Å². The van der Waals surface area contributed by atoms with Gasteiger partial charge in [-0.15, -0.1) is 0 Å². The number of carbonyl (C=O) groups excluding carboxylic acids is 1. The summed E-state index contributed by atoms with van der Waals surface area (Å²) in [6.07, 6.45) is 1.91. The molecule has 34 heavy (non-hydrogen) atoms. The molecule has 2 aromatic rings. The van der Waals surface area contributed by atoms with E-state index in [2.05, 4.69) is 44.4 Å². The molecule has 0 bridgehead atoms. The fourth-order valence-corrected chi connectivity index (χ4v) is 6.06. The number of rotatable bonds is 2. The molecule has 2 aromatic carbocycles. The van der Waals surface area contributed by atoms with Gasteiger partial charge in [0.2, 0.25) is 11.3 Å². The quantitative estimate of drug-likeness (QED) is 0.635. The Balaban J connectivity index is 1.78. The predicted octanol–water partition coefficient (Wildman–Crippen LogP) is 3.48. The summed E-state index contributed by atoms with van der Waals surface area (Å²) >= 11 is 3.48. The van der Waals surface area contributed by atoms with Crippen LogP contribution in [0.15, 0.2) is 75.9 Å². The first-order chi connectivity index (χ1) is 16.4. The number of nitriles is 3. The van der Waals surface area contributed by atoms with Crippen LogP contribution in [0.25, 0.3) is 0 Å². The lowest BCUT2D eigenvalue weighted by atomic mass is 9.48. The van der Waals surface area contributed by atoms with Crippen molar-refractivity contribution in [3.05, 3.63) is 87.0 Å². The Labute approximate surface area is 205 Å². The van der Waals surface area contributed by atoms with Crippen LogP contribution in [0.4, 0.5) is 5.69 Å². The number of hydrogen-bond acceptors (Lipinski definition) is 6. The minimum Gasteiger partial charge on any atom is -0.399 e. The van der Waals surface area contributed by atoms with Crippen LogP contribution >= 0.6 is 15.9 Å². The van der Waals surface area contributed by atoms with Crippen molar-refractivity contribution in [2.45, 2.75) is 12.0 Å². The third-order valence-electron chi connectivity index (χ3n) is 7.17. The van der Waals surface area contributed by atoms with Gasteiger partial charge in [0, 0.05) is 35.7 Å². The number of carbonyl (C=O) groups is 1. The zero-order valence-corrected chi connectivity index (χ0v) is 19.6. The summed E-state index contributed by atoms with van der Waals surface area (Å²) in [7, 11) is 0. The Kier molecular flexibility index (Phi) is 5.06. The van der Waals surface area contributed by atoms with E-state index in [-0.39, 0.29) is 11.3 Å². The number of allylic oxidation sites excluding steroid dienone is 2. The number of nitrogens with two attached hydrogens (primary N) is 1. The van der Waals surface area contributed by atoms with Gasteiger partial charge in [-0.1, -0.05) is 52.3 Å². The third-order valence-corrected chi connectivity index (χ3v) is 7.66. The second-order valence-corrected chi connectivity index (χ2v) is 9.63. The van der Waals surface area contributed by atoms with Crippen LogP contribution < -0.4 is 11.1 Å². The fraction of sp³-hybridized carbons (Fsp3) is 0.231. The Hall–Kier alpha value is -3.90. The molecular formula is C26H19BrN6O. The highest BCUT2D eigenvalue weighted by molar-refractivity contribution is 9.10. The Morgan fingerprint density at radius 1 is 1.15 bits per heavy atom. The molecule has 1 aliphatic carbocycles. The first-order valence-electron chi connectivity index (χ1n) is 10.7. The summed E-state index contributed by atoms with van der Waals surface area (Å²) in [5.74, 6) is -1.08. The van der Waals surface area contributed by atoms with Gasteiger partial charge >= 0.3 is 0 Å². The molecule has 2 heterocycles. The molecule has 5 rings (SSSR count). The summed E-state index contributed by atoms with van der Waals surface area (Å²) < 4.78 is 0.711. The van der Waals surface area contributed by atoms with E-state index in [0.717, 1.165) is 5.56 Å². The molecule has 0 saturated heterocycles. The first-order valence-corrected chi connectivity index (χ1v) is 11.5. The van der Waals surface area contributed by atoms with Crippen molar-refractivity contribution in [2.24, 2.45) is 17.1 Å². The van der Waals surface area contributed by atoms with Crippen LogP contribution in [-0.2, 0) is 16.8 Å². The molecule has 0 fully saturated rings. The van der Waals surface area contributed by atoms with Gasteiger partial charge in [-0.3, -0.25) is 9.69 Å². The maximum Gasteiger partial charge on any atom is 0.238 e. The average molecular weight is 511 g/mol. The third kappa shape index (κ3) is 2.72. The molecule has 0 saturated carbocycles. The Bertz CT molecular complexity index is 1390. The molecule has 1 amide bonds. The Morgan fingerprint density at radius 2 is 1.88 bits per heavy atom. The van der Waals surface area contributed by atoms with E-state index >= 15 is 0 Å². The van der Waals surface area contributed by atoms with E-state index in [9.17, 15) is 20.6 Å². The van der Waals surface area contributed by atoms with E-state index in [4.69, 9.17) is 5.73 Å². The number of nitrogens with zero attached hydrogens (tertiary/aromatic N) is 4. The summed E-state index contributed by atoms with van der Waals surface area (Å²) in [5.41, 5.74) is 5.52. The van der Waals surface area contributed by atoms with E-state index in [1.54, 1.807) is 18.2 Å². The van der Waals surface area contributed by atoms with Crippen LogP contribution in [0, 0.1) is 45.3 Å². The SMILES string of the molecule is N#CC1=C(N)C(C#N)(C#N)[C@@]2(C(=O)Nc3ccc(Br)cc32)[C@H]2CN(Cc3ccccc3)CC=C12. The van der Waals surface area contributed by atoms with Crippen molar-refractivity contribution < 1.29 is 4.79 Å². The standard InChI is InChI=1S/C26H19BrN6O/c27-17-6-7-22-20(10-17)26(24(34)32-22)21-13-33(12-16-4-2-1-3-5-16)9-8-18(21)19(11-28)23(31)25(26,14-29)15-30/h1-8,10,21H,9,12-13,31H2,(H,32,34)/t21-,26+/m0/s1. The molecule has 7 nitrogen and oxygen atoms in total. The maximum absolute atomic E-state index is 13.9. The topological polar surface area (TPSA) is 130 Å². The number of nitrogens with one attached hydrogen (secondary N) is 1. The number of anilines is 1. The minimum absolute atomic E-state index is 0.120. The second kappa shape index (κ2) is 7.85. The van der Waals surface area contributed by atoms with Crippen LogP contribution in [-0.4, -0.2) is 23.9 Å². The molecule has 0 unspecified atom stereocenters. The van der Waals surface area contributed by atoms with Crippen molar-refractivity contribution in [2.75, 3.05) is 18.4 Å². The van der Waals surface area contributed by atoms with Crippen LogP contribution in [0.5, 0.6) is 0 Å². The molecule has 3 N–H and O–H groups in total. The van der Waals surface area contributed by atoms with Crippen LogP contribution in [0.3, 0.4) is 0 Å². The van der Waals surface area contributed by atoms with Crippen molar-refractivity contribution in [3.63, 3.8) is 0 Å². The van der Waals surface area contributed by atoms with Crippen LogP contribution in [0.2, 0.25) is 0 Å². The lowest BCUT2D eigenvalue weighted by Gasteiger charge is -2.51. The molecule has 3 aliphatic rings. The van der Waals surface area contributed by atoms with Gasteiger partial charge in [0.25, 0.3) is 0 Å². The van der Waals surface area contributed by atoms with Crippen LogP contribution in [0.1, 0.15) is 11.1 Å². The zero-order chi connectivity index (χ0) is 24.1. The van der Waals surface area contributed by atoms with E-state index in [1.807, 2.05) is 36.4 Å². The van der Waals surface area contributed by atoms with E-state index in [1.165, 1.54) is 0 Å². The number of hydrogen-bond donors (Lipinski definition) is 2. The van der Waals surface area contributed by atoms with Crippen molar-refractivity contribution in [1.82, 2.24) is 4.90 Å². The van der Waals surface area contributed by atoms with Gasteiger partial charge in [0.15, 0.2) is 0 Å². The molecule has 2 atom stereocenters. The molecule has 0 radical (unpaired) electrons. The molecular weight excluding hydrogens is 492 g/mol. The predicted molar refractivity (Wildman–Crippen MR) is 128 cm³/mol. The smallest absolute Gasteiger partial charge is 0.238 e. The number of amides is 1. The first kappa shape index (κ1) is 21.9. The monoisotopic (exact) mass is 510 g/mol. The van der Waals surface area contributed by atoms with Gasteiger partial charge in [-0.25, -0.2) is 0 Å². The number of fused-ring (bicyclic) bond motifs is 4. The zero-order valence-electron chi connectivity index (χ0n) is 18.0. The summed E-state index contributed by atoms with van der Waals surface area (Å²) in [5, 5.41) is 33.8. The minimum atomic E-state index is -2.05. The van der Waals surface area contributed by atoms with Gasteiger partial charge in [0.1, 0.15) is 11.5 Å². The largest absolute Gasteiger partial charge is 0.399 e. The molecule has 0 aromatic heterocycles. The lowest BCUT2D eigenvalue weighted by molar-refractivity contribution is -0.125.